The summed E-state index contributed by atoms with van der Waals surface area (Å²) < 4.78 is 0. The van der Waals surface area contributed by atoms with Gasteiger partial charge in [-0.1, -0.05) is 60.7 Å². The van der Waals surface area contributed by atoms with E-state index in [1.54, 1.807) is 0 Å². The Hall–Kier alpha value is -3.00. The van der Waals surface area contributed by atoms with Crippen LogP contribution in [-0.4, -0.2) is 9.97 Å². The van der Waals surface area contributed by atoms with Gasteiger partial charge in [-0.3, -0.25) is 4.98 Å². The Bertz CT molecular complexity index is 1020. The summed E-state index contributed by atoms with van der Waals surface area (Å²) in [6.45, 7) is 2.01. The monoisotopic (exact) mass is 296 g/mol. The van der Waals surface area contributed by atoms with Crippen LogP contribution in [0.25, 0.3) is 34.0 Å². The highest BCUT2D eigenvalue weighted by atomic mass is 14.8. The van der Waals surface area contributed by atoms with Crippen molar-refractivity contribution in [3.05, 3.63) is 83.7 Å². The average molecular weight is 296 g/mol. The second-order valence-electron chi connectivity index (χ2n) is 5.64. The number of aryl methyl sites for hydroxylation is 1. The van der Waals surface area contributed by atoms with E-state index in [-0.39, 0.29) is 0 Å². The van der Waals surface area contributed by atoms with Gasteiger partial charge in [-0.05, 0) is 30.7 Å². The molecule has 0 radical (unpaired) electrons. The summed E-state index contributed by atoms with van der Waals surface area (Å²) in [5.41, 5.74) is 5.05. The maximum Gasteiger partial charge on any atom is 0.0971 e. The van der Waals surface area contributed by atoms with Crippen LogP contribution in [0, 0.1) is 6.92 Å². The Morgan fingerprint density at radius 1 is 0.652 bits per heavy atom. The summed E-state index contributed by atoms with van der Waals surface area (Å²) in [5, 5.41) is 2.24. The summed E-state index contributed by atoms with van der Waals surface area (Å²) in [7, 11) is 0. The highest BCUT2D eigenvalue weighted by molar-refractivity contribution is 6.03. The first-order chi connectivity index (χ1) is 11.3. The molecular formula is C21H16N2. The molecule has 0 atom stereocenters. The Kier molecular flexibility index (Phi) is 3.35. The predicted octanol–water partition coefficient (Wildman–Crippen LogP) is 5.26. The van der Waals surface area contributed by atoms with E-state index < -0.39 is 0 Å². The minimum absolute atomic E-state index is 0.942. The van der Waals surface area contributed by atoms with Crippen LogP contribution in [0.5, 0.6) is 0 Å². The molecule has 2 heteroatoms. The van der Waals surface area contributed by atoms with Crippen molar-refractivity contribution >= 4 is 34.0 Å². The van der Waals surface area contributed by atoms with Crippen LogP contribution in [-0.2, 0) is 0 Å². The van der Waals surface area contributed by atoms with Crippen LogP contribution in [0.15, 0.2) is 66.7 Å². The molecule has 0 aliphatic carbocycles. The van der Waals surface area contributed by atoms with Gasteiger partial charge in [0.15, 0.2) is 0 Å². The molecule has 0 N–H and O–H groups in total. The van der Waals surface area contributed by atoms with Crippen molar-refractivity contribution in [3.8, 4) is 0 Å². The minimum atomic E-state index is 0.942. The molecule has 0 spiro atoms. The van der Waals surface area contributed by atoms with Gasteiger partial charge >= 0.3 is 0 Å². The number of fused-ring (bicyclic) bond motifs is 3. The topological polar surface area (TPSA) is 25.8 Å². The number of benzene rings is 2. The molecule has 2 aromatic heterocycles. The molecule has 2 aromatic carbocycles. The van der Waals surface area contributed by atoms with Crippen LogP contribution in [0.3, 0.4) is 0 Å². The van der Waals surface area contributed by atoms with E-state index in [2.05, 4.69) is 47.5 Å². The van der Waals surface area contributed by atoms with Gasteiger partial charge in [0.2, 0.25) is 0 Å². The predicted molar refractivity (Wildman–Crippen MR) is 97.2 cm³/mol. The molecule has 0 aliphatic rings. The van der Waals surface area contributed by atoms with Crippen LogP contribution < -0.4 is 0 Å². The molecule has 0 bridgehead atoms. The third-order valence-corrected chi connectivity index (χ3v) is 3.93. The average Bonchev–Trinajstić information content (AvgIpc) is 2.60. The molecule has 4 aromatic rings. The van der Waals surface area contributed by atoms with Crippen LogP contribution in [0.2, 0.25) is 0 Å². The fourth-order valence-corrected chi connectivity index (χ4v) is 2.72. The molecule has 0 unspecified atom stereocenters. The molecule has 110 valence electrons. The molecule has 2 nitrogen and oxygen atoms in total. The maximum absolute atomic E-state index is 4.81. The summed E-state index contributed by atoms with van der Waals surface area (Å²) in [6.07, 6.45) is 4.13. The third-order valence-electron chi connectivity index (χ3n) is 3.93. The standard InChI is InChI=1S/C21H16N2/c1-15-7-9-17-10-11-18-12-14-19(23-21(18)20(17)22-15)13-8-16-5-3-2-4-6-16/h2-14H,1H3. The molecule has 0 amide bonds. The van der Waals surface area contributed by atoms with Crippen LogP contribution >= 0.6 is 0 Å². The number of pyridine rings is 2. The highest BCUT2D eigenvalue weighted by Gasteiger charge is 2.04. The fourth-order valence-electron chi connectivity index (χ4n) is 2.72. The van der Waals surface area contributed by atoms with Crippen LogP contribution in [0.1, 0.15) is 17.0 Å². The van der Waals surface area contributed by atoms with E-state index in [0.29, 0.717) is 0 Å². The first-order valence-electron chi connectivity index (χ1n) is 7.70. The molecule has 4 rings (SSSR count). The SMILES string of the molecule is Cc1ccc2ccc3ccc(C=Cc4ccccc4)nc3c2n1. The largest absolute Gasteiger partial charge is 0.251 e. The van der Waals surface area contributed by atoms with Gasteiger partial charge in [0.1, 0.15) is 0 Å². The van der Waals surface area contributed by atoms with Gasteiger partial charge < -0.3 is 0 Å². The quantitative estimate of drug-likeness (QED) is 0.471. The summed E-state index contributed by atoms with van der Waals surface area (Å²) in [6, 6.07) is 22.7. The number of rotatable bonds is 2. The second kappa shape index (κ2) is 5.65. The number of aromatic nitrogens is 2. The van der Waals surface area contributed by atoms with Crippen molar-refractivity contribution < 1.29 is 0 Å². The summed E-state index contributed by atoms with van der Waals surface area (Å²) in [5.74, 6) is 0. The van der Waals surface area contributed by atoms with Gasteiger partial charge in [-0.25, -0.2) is 4.98 Å². The van der Waals surface area contributed by atoms with Gasteiger partial charge in [0, 0.05) is 16.5 Å². The molecule has 0 saturated carbocycles. The zero-order valence-electron chi connectivity index (χ0n) is 12.9. The minimum Gasteiger partial charge on any atom is -0.251 e. The normalized spacial score (nSPS) is 11.5. The Balaban J connectivity index is 1.84. The van der Waals surface area contributed by atoms with E-state index in [1.807, 2.05) is 43.3 Å². The van der Waals surface area contributed by atoms with Gasteiger partial charge in [-0.15, -0.1) is 0 Å². The Morgan fingerprint density at radius 3 is 2.09 bits per heavy atom. The zero-order chi connectivity index (χ0) is 15.6. The highest BCUT2D eigenvalue weighted by Crippen LogP contribution is 2.23. The Labute approximate surface area is 135 Å². The Morgan fingerprint density at radius 2 is 1.30 bits per heavy atom. The molecule has 23 heavy (non-hydrogen) atoms. The van der Waals surface area contributed by atoms with Gasteiger partial charge in [-0.2, -0.15) is 0 Å². The lowest BCUT2D eigenvalue weighted by atomic mass is 10.1. The number of hydrogen-bond acceptors (Lipinski definition) is 2. The molecule has 2 heterocycles. The van der Waals surface area contributed by atoms with Gasteiger partial charge in [0.25, 0.3) is 0 Å². The number of hydrogen-bond donors (Lipinski definition) is 0. The first-order valence-corrected chi connectivity index (χ1v) is 7.70. The van der Waals surface area contributed by atoms with Gasteiger partial charge in [0.05, 0.1) is 16.7 Å². The smallest absolute Gasteiger partial charge is 0.0971 e. The lowest BCUT2D eigenvalue weighted by Crippen LogP contribution is -1.89. The second-order valence-corrected chi connectivity index (χ2v) is 5.64. The van der Waals surface area contributed by atoms with Crippen LogP contribution in [0.4, 0.5) is 0 Å². The lowest BCUT2D eigenvalue weighted by Gasteiger charge is -2.04. The van der Waals surface area contributed by atoms with E-state index in [0.717, 1.165) is 33.2 Å². The molecule has 0 saturated heterocycles. The van der Waals surface area contributed by atoms with Crippen molar-refractivity contribution in [1.82, 2.24) is 9.97 Å². The number of nitrogens with zero attached hydrogens (tertiary/aromatic N) is 2. The van der Waals surface area contributed by atoms with Crippen molar-refractivity contribution in [2.24, 2.45) is 0 Å². The van der Waals surface area contributed by atoms with Crippen molar-refractivity contribution in [2.75, 3.05) is 0 Å². The maximum atomic E-state index is 4.81. The zero-order valence-corrected chi connectivity index (χ0v) is 12.9. The summed E-state index contributed by atoms with van der Waals surface area (Å²) >= 11 is 0. The van der Waals surface area contributed by atoms with Crippen molar-refractivity contribution in [2.45, 2.75) is 6.92 Å². The van der Waals surface area contributed by atoms with E-state index in [4.69, 9.17) is 4.98 Å². The van der Waals surface area contributed by atoms with Crippen molar-refractivity contribution in [1.29, 1.82) is 0 Å². The molecule has 0 aliphatic heterocycles. The van der Waals surface area contributed by atoms with E-state index in [1.165, 1.54) is 5.56 Å². The van der Waals surface area contributed by atoms with E-state index in [9.17, 15) is 0 Å². The molecule has 0 fully saturated rings. The third kappa shape index (κ3) is 2.71. The first kappa shape index (κ1) is 13.6. The lowest BCUT2D eigenvalue weighted by molar-refractivity contribution is 1.25. The summed E-state index contributed by atoms with van der Waals surface area (Å²) in [4.78, 5) is 9.49. The molecular weight excluding hydrogens is 280 g/mol. The van der Waals surface area contributed by atoms with Crippen molar-refractivity contribution in [3.63, 3.8) is 0 Å². The van der Waals surface area contributed by atoms with E-state index >= 15 is 0 Å². The fraction of sp³-hybridized carbons (Fsp3) is 0.0476.